The number of epoxide rings is 1. The average molecular weight is 627 g/mol. The summed E-state index contributed by atoms with van der Waals surface area (Å²) in [6.45, 7) is 11.6. The fourth-order valence-corrected chi connectivity index (χ4v) is 4.99. The van der Waals surface area contributed by atoms with Crippen molar-refractivity contribution in [3.8, 4) is 23.0 Å². The number of hydrogen-bond donors (Lipinski definition) is 1. The van der Waals surface area contributed by atoms with Crippen molar-refractivity contribution in [1.82, 2.24) is 0 Å². The Bertz CT molecular complexity index is 1490. The summed E-state index contributed by atoms with van der Waals surface area (Å²) in [5.74, 6) is 2.36. The third kappa shape index (κ3) is 10.2. The second-order valence-electron chi connectivity index (χ2n) is 12.7. The predicted molar refractivity (Wildman–Crippen MR) is 179 cm³/mol. The zero-order valence-electron chi connectivity index (χ0n) is 27.5. The first-order chi connectivity index (χ1) is 22.1. The molecule has 4 aromatic rings. The molecule has 1 saturated heterocycles. The molecule has 244 valence electrons. The maximum Gasteiger partial charge on any atom is 0.204 e. The first-order valence-electron chi connectivity index (χ1n) is 16.0. The van der Waals surface area contributed by atoms with Crippen molar-refractivity contribution >= 4 is 0 Å². The van der Waals surface area contributed by atoms with Gasteiger partial charge in [0.25, 0.3) is 0 Å². The van der Waals surface area contributed by atoms with Crippen LogP contribution in [0.1, 0.15) is 56.9 Å². The standard InChI is InChI=1S/C39H46O7/c1-6-44-39(4,5)46-35-21-13-31(14-22-35)24-29-9-17-33(18-10-29)43-27-37(40)38(2,3)45-34-19-11-30(12-20-34)23-28-7-15-32(16-8-28)41-25-36-26-42-36/h7-22,36-37,40H,6,23-27H2,1-5H3. The van der Waals surface area contributed by atoms with E-state index < -0.39 is 17.5 Å². The number of aliphatic hydroxyl groups is 1. The summed E-state index contributed by atoms with van der Waals surface area (Å²) in [5.41, 5.74) is 3.86. The van der Waals surface area contributed by atoms with Gasteiger partial charge in [-0.15, -0.1) is 0 Å². The maximum atomic E-state index is 10.9. The summed E-state index contributed by atoms with van der Waals surface area (Å²) in [5, 5.41) is 10.9. The number of rotatable bonds is 17. The van der Waals surface area contributed by atoms with Crippen LogP contribution < -0.4 is 18.9 Å². The average Bonchev–Trinajstić information content (AvgIpc) is 3.86. The molecule has 0 spiro atoms. The Morgan fingerprint density at radius 2 is 1.07 bits per heavy atom. The molecule has 1 aliphatic rings. The van der Waals surface area contributed by atoms with Crippen LogP contribution in [0.3, 0.4) is 0 Å². The van der Waals surface area contributed by atoms with Gasteiger partial charge in [-0.25, -0.2) is 0 Å². The Balaban J connectivity index is 1.05. The van der Waals surface area contributed by atoms with Gasteiger partial charge < -0.3 is 33.5 Å². The van der Waals surface area contributed by atoms with Crippen LogP contribution in [0, 0.1) is 0 Å². The highest BCUT2D eigenvalue weighted by molar-refractivity contribution is 5.36. The Labute approximate surface area is 273 Å². The molecule has 0 aliphatic carbocycles. The summed E-state index contributed by atoms with van der Waals surface area (Å²) in [6, 6.07) is 32.2. The van der Waals surface area contributed by atoms with E-state index in [1.165, 1.54) is 16.7 Å². The number of ether oxygens (including phenoxy) is 6. The van der Waals surface area contributed by atoms with Gasteiger partial charge in [-0.3, -0.25) is 0 Å². The van der Waals surface area contributed by atoms with Crippen molar-refractivity contribution in [2.24, 2.45) is 0 Å². The van der Waals surface area contributed by atoms with Crippen molar-refractivity contribution in [2.75, 3.05) is 26.4 Å². The van der Waals surface area contributed by atoms with E-state index in [4.69, 9.17) is 28.4 Å². The van der Waals surface area contributed by atoms with Gasteiger partial charge in [0.2, 0.25) is 5.79 Å². The van der Waals surface area contributed by atoms with Gasteiger partial charge in [-0.05, 0) is 104 Å². The SMILES string of the molecule is CCOC(C)(C)Oc1ccc(Cc2ccc(OCC(O)C(C)(C)Oc3ccc(Cc4ccc(OCC5CO5)cc4)cc3)cc2)cc1. The lowest BCUT2D eigenvalue weighted by Gasteiger charge is -2.31. The highest BCUT2D eigenvalue weighted by Gasteiger charge is 2.31. The van der Waals surface area contributed by atoms with Gasteiger partial charge in [0, 0.05) is 20.5 Å². The lowest BCUT2D eigenvalue weighted by Crippen LogP contribution is -2.45. The third-order valence-electron chi connectivity index (χ3n) is 7.80. The van der Waals surface area contributed by atoms with Crippen LogP contribution in [0.25, 0.3) is 0 Å². The summed E-state index contributed by atoms with van der Waals surface area (Å²) in [6.07, 6.45) is 1.00. The van der Waals surface area contributed by atoms with Gasteiger partial charge in [-0.1, -0.05) is 48.5 Å². The molecular formula is C39H46O7. The molecule has 1 heterocycles. The summed E-state index contributed by atoms with van der Waals surface area (Å²) in [7, 11) is 0. The number of benzene rings is 4. The van der Waals surface area contributed by atoms with Crippen molar-refractivity contribution in [3.63, 3.8) is 0 Å². The predicted octanol–water partition coefficient (Wildman–Crippen LogP) is 7.39. The Morgan fingerprint density at radius 3 is 1.50 bits per heavy atom. The topological polar surface area (TPSA) is 78.9 Å². The monoisotopic (exact) mass is 626 g/mol. The Kier molecular flexibility index (Phi) is 10.9. The molecule has 1 aliphatic heterocycles. The van der Waals surface area contributed by atoms with E-state index in [1.807, 2.05) is 95.3 Å². The lowest BCUT2D eigenvalue weighted by molar-refractivity contribution is -0.152. The molecule has 0 amide bonds. The zero-order chi connectivity index (χ0) is 32.6. The molecule has 1 N–H and O–H groups in total. The minimum atomic E-state index is -0.851. The van der Waals surface area contributed by atoms with Crippen LogP contribution in [-0.2, 0) is 22.3 Å². The molecule has 0 aromatic heterocycles. The Hall–Kier alpha value is -4.04. The maximum absolute atomic E-state index is 10.9. The minimum Gasteiger partial charge on any atom is -0.491 e. The highest BCUT2D eigenvalue weighted by atomic mass is 16.7. The second kappa shape index (κ2) is 15.0. The van der Waals surface area contributed by atoms with Gasteiger partial charge in [-0.2, -0.15) is 0 Å². The summed E-state index contributed by atoms with van der Waals surface area (Å²) in [4.78, 5) is 0. The largest absolute Gasteiger partial charge is 0.491 e. The van der Waals surface area contributed by atoms with Crippen molar-refractivity contribution in [1.29, 1.82) is 0 Å². The summed E-state index contributed by atoms with van der Waals surface area (Å²) < 4.78 is 34.6. The first-order valence-corrected chi connectivity index (χ1v) is 16.0. The van der Waals surface area contributed by atoms with E-state index in [9.17, 15) is 5.11 Å². The zero-order valence-corrected chi connectivity index (χ0v) is 27.5. The minimum absolute atomic E-state index is 0.109. The van der Waals surface area contributed by atoms with Crippen molar-refractivity contribution in [2.45, 2.75) is 71.1 Å². The molecule has 0 radical (unpaired) electrons. The van der Waals surface area contributed by atoms with Crippen LogP contribution >= 0.6 is 0 Å². The van der Waals surface area contributed by atoms with Gasteiger partial charge in [0.05, 0.1) is 6.61 Å². The van der Waals surface area contributed by atoms with E-state index in [0.29, 0.717) is 24.7 Å². The smallest absolute Gasteiger partial charge is 0.204 e. The third-order valence-corrected chi connectivity index (χ3v) is 7.80. The highest BCUT2D eigenvalue weighted by Crippen LogP contribution is 2.25. The normalized spacial score (nSPS) is 15.2. The summed E-state index contributed by atoms with van der Waals surface area (Å²) >= 11 is 0. The van der Waals surface area contributed by atoms with E-state index in [-0.39, 0.29) is 12.7 Å². The van der Waals surface area contributed by atoms with Gasteiger partial charge in [0.15, 0.2) is 0 Å². The van der Waals surface area contributed by atoms with Crippen LogP contribution in [0.4, 0.5) is 0 Å². The van der Waals surface area contributed by atoms with Gasteiger partial charge >= 0.3 is 0 Å². The van der Waals surface area contributed by atoms with Crippen LogP contribution in [-0.4, -0.2) is 55.1 Å². The molecule has 0 bridgehead atoms. The van der Waals surface area contributed by atoms with Crippen LogP contribution in [0.15, 0.2) is 97.1 Å². The molecule has 7 nitrogen and oxygen atoms in total. The van der Waals surface area contributed by atoms with Crippen molar-refractivity contribution in [3.05, 3.63) is 119 Å². The molecule has 2 atom stereocenters. The number of aliphatic hydroxyl groups excluding tert-OH is 1. The van der Waals surface area contributed by atoms with Crippen molar-refractivity contribution < 1.29 is 33.5 Å². The Morgan fingerprint density at radius 1 is 0.652 bits per heavy atom. The van der Waals surface area contributed by atoms with Gasteiger partial charge in [0.1, 0.15) is 54.0 Å². The second-order valence-corrected chi connectivity index (χ2v) is 12.7. The fraction of sp³-hybridized carbons (Fsp3) is 0.385. The van der Waals surface area contributed by atoms with Crippen LogP contribution in [0.2, 0.25) is 0 Å². The molecule has 4 aromatic carbocycles. The molecule has 1 fully saturated rings. The van der Waals surface area contributed by atoms with E-state index >= 15 is 0 Å². The van der Waals surface area contributed by atoms with E-state index in [0.717, 1.165) is 36.5 Å². The lowest BCUT2D eigenvalue weighted by atomic mass is 10.0. The molecule has 7 heteroatoms. The fourth-order valence-electron chi connectivity index (χ4n) is 4.99. The first kappa shape index (κ1) is 33.3. The van der Waals surface area contributed by atoms with E-state index in [1.54, 1.807) is 0 Å². The van der Waals surface area contributed by atoms with E-state index in [2.05, 4.69) is 36.4 Å². The van der Waals surface area contributed by atoms with Crippen LogP contribution in [0.5, 0.6) is 23.0 Å². The molecule has 0 saturated carbocycles. The molecule has 46 heavy (non-hydrogen) atoms. The molecule has 2 unspecified atom stereocenters. The number of hydrogen-bond acceptors (Lipinski definition) is 7. The molecular weight excluding hydrogens is 580 g/mol. The quantitative estimate of drug-likeness (QED) is 0.0967. The molecule has 5 rings (SSSR count).